The second kappa shape index (κ2) is 6.69. The summed E-state index contributed by atoms with van der Waals surface area (Å²) < 4.78 is 17.9. The topological polar surface area (TPSA) is 71.3 Å². The van der Waals surface area contributed by atoms with E-state index < -0.39 is 17.9 Å². The van der Waals surface area contributed by atoms with Crippen molar-refractivity contribution >= 4 is 11.8 Å². The first-order chi connectivity index (χ1) is 10.1. The highest BCUT2D eigenvalue weighted by atomic mass is 19.1. The molecule has 2 amide bonds. The molecule has 0 fully saturated rings. The van der Waals surface area contributed by atoms with Gasteiger partial charge in [-0.15, -0.1) is 0 Å². The zero-order valence-corrected chi connectivity index (χ0v) is 11.4. The molecule has 0 spiro atoms. The lowest BCUT2D eigenvalue weighted by atomic mass is 10.1. The fraction of sp³-hybridized carbons (Fsp3) is 0.200. The molecule has 0 saturated heterocycles. The predicted octanol–water partition coefficient (Wildman–Crippen LogP) is 1.91. The van der Waals surface area contributed by atoms with Crippen molar-refractivity contribution in [2.24, 2.45) is 0 Å². The van der Waals surface area contributed by atoms with Crippen LogP contribution in [-0.4, -0.2) is 11.8 Å². The summed E-state index contributed by atoms with van der Waals surface area (Å²) >= 11 is 0. The first-order valence-corrected chi connectivity index (χ1v) is 6.43. The number of rotatable bonds is 4. The van der Waals surface area contributed by atoms with Crippen LogP contribution in [0.5, 0.6) is 0 Å². The van der Waals surface area contributed by atoms with Gasteiger partial charge in [-0.25, -0.2) is 4.39 Å². The summed E-state index contributed by atoms with van der Waals surface area (Å²) in [5.41, 5.74) is 0.712. The van der Waals surface area contributed by atoms with Crippen molar-refractivity contribution in [1.29, 1.82) is 0 Å². The average Bonchev–Trinajstić information content (AvgIpc) is 2.98. The Hall–Kier alpha value is -2.63. The third-order valence-corrected chi connectivity index (χ3v) is 2.93. The predicted molar refractivity (Wildman–Crippen MR) is 73.5 cm³/mol. The van der Waals surface area contributed by atoms with Crippen LogP contribution < -0.4 is 10.6 Å². The molecule has 1 aromatic heterocycles. The molecule has 21 heavy (non-hydrogen) atoms. The van der Waals surface area contributed by atoms with E-state index in [0.29, 0.717) is 11.3 Å². The molecule has 2 N–H and O–H groups in total. The van der Waals surface area contributed by atoms with Gasteiger partial charge in [-0.2, -0.15) is 0 Å². The molecule has 5 nitrogen and oxygen atoms in total. The monoisotopic (exact) mass is 290 g/mol. The Balaban J connectivity index is 1.85. The minimum Gasteiger partial charge on any atom is -0.467 e. The van der Waals surface area contributed by atoms with Gasteiger partial charge >= 0.3 is 11.8 Å². The lowest BCUT2D eigenvalue weighted by Crippen LogP contribution is -2.40. The number of amides is 2. The van der Waals surface area contributed by atoms with E-state index in [4.69, 9.17) is 4.42 Å². The number of benzene rings is 1. The Morgan fingerprint density at radius 1 is 1.19 bits per heavy atom. The van der Waals surface area contributed by atoms with Crippen molar-refractivity contribution in [2.45, 2.75) is 19.5 Å². The first kappa shape index (κ1) is 14.8. The number of hydrogen-bond donors (Lipinski definition) is 2. The summed E-state index contributed by atoms with van der Waals surface area (Å²) in [5.74, 6) is -1.30. The van der Waals surface area contributed by atoms with Crippen molar-refractivity contribution < 1.29 is 18.4 Å². The van der Waals surface area contributed by atoms with Crippen LogP contribution in [0, 0.1) is 5.82 Å². The summed E-state index contributed by atoms with van der Waals surface area (Å²) in [6.07, 6.45) is 1.48. The molecule has 0 aliphatic carbocycles. The van der Waals surface area contributed by atoms with Crippen molar-refractivity contribution in [2.75, 3.05) is 0 Å². The number of nitrogens with one attached hydrogen (secondary N) is 2. The molecule has 1 aromatic carbocycles. The number of furan rings is 1. The van der Waals surface area contributed by atoms with Crippen molar-refractivity contribution in [3.05, 3.63) is 59.8 Å². The van der Waals surface area contributed by atoms with Crippen LogP contribution in [0.1, 0.15) is 24.3 Å². The van der Waals surface area contributed by atoms with Gasteiger partial charge in [0.15, 0.2) is 0 Å². The molecule has 0 aliphatic rings. The Morgan fingerprint density at radius 3 is 2.52 bits per heavy atom. The van der Waals surface area contributed by atoms with Crippen molar-refractivity contribution in [3.8, 4) is 0 Å². The first-order valence-electron chi connectivity index (χ1n) is 6.43. The molecule has 6 heteroatoms. The summed E-state index contributed by atoms with van der Waals surface area (Å²) in [7, 11) is 0. The maximum absolute atomic E-state index is 12.8. The molecule has 1 unspecified atom stereocenters. The molecule has 1 atom stereocenters. The van der Waals surface area contributed by atoms with Crippen LogP contribution in [0.25, 0.3) is 0 Å². The molecule has 0 radical (unpaired) electrons. The van der Waals surface area contributed by atoms with Gasteiger partial charge in [-0.05, 0) is 36.8 Å². The number of halogens is 1. The van der Waals surface area contributed by atoms with Crippen molar-refractivity contribution in [1.82, 2.24) is 10.6 Å². The minimum absolute atomic E-state index is 0.143. The van der Waals surface area contributed by atoms with E-state index in [-0.39, 0.29) is 12.4 Å². The summed E-state index contributed by atoms with van der Waals surface area (Å²) in [6, 6.07) is 8.70. The number of hydrogen-bond acceptors (Lipinski definition) is 3. The summed E-state index contributed by atoms with van der Waals surface area (Å²) in [6.45, 7) is 1.86. The molecular formula is C15H15FN2O3. The summed E-state index contributed by atoms with van der Waals surface area (Å²) in [5, 5.41) is 4.99. The molecule has 2 rings (SSSR count). The SMILES string of the molecule is CC(NC(=O)C(=O)NCc1ccco1)c1ccc(F)cc1. The molecule has 0 aliphatic heterocycles. The van der Waals surface area contributed by atoms with Crippen LogP contribution in [-0.2, 0) is 16.1 Å². The highest BCUT2D eigenvalue weighted by Crippen LogP contribution is 2.12. The van der Waals surface area contributed by atoms with Gasteiger partial charge in [0.1, 0.15) is 11.6 Å². The van der Waals surface area contributed by atoms with Crippen LogP contribution in [0.3, 0.4) is 0 Å². The van der Waals surface area contributed by atoms with Crippen LogP contribution >= 0.6 is 0 Å². The number of carbonyl (C=O) groups is 2. The van der Waals surface area contributed by atoms with E-state index in [1.165, 1.54) is 18.4 Å². The van der Waals surface area contributed by atoms with Gasteiger partial charge in [0.2, 0.25) is 0 Å². The normalized spacial score (nSPS) is 11.7. The minimum atomic E-state index is -0.751. The average molecular weight is 290 g/mol. The zero-order valence-electron chi connectivity index (χ0n) is 11.4. The smallest absolute Gasteiger partial charge is 0.309 e. The van der Waals surface area contributed by atoms with Crippen LogP contribution in [0.4, 0.5) is 4.39 Å². The quantitative estimate of drug-likeness (QED) is 0.845. The molecular weight excluding hydrogens is 275 g/mol. The molecule has 110 valence electrons. The maximum atomic E-state index is 12.8. The Kier molecular flexibility index (Phi) is 4.71. The van der Waals surface area contributed by atoms with Gasteiger partial charge in [-0.1, -0.05) is 12.1 Å². The lowest BCUT2D eigenvalue weighted by molar-refractivity contribution is -0.139. The van der Waals surface area contributed by atoms with E-state index in [1.54, 1.807) is 31.2 Å². The third-order valence-electron chi connectivity index (χ3n) is 2.93. The van der Waals surface area contributed by atoms with Crippen molar-refractivity contribution in [3.63, 3.8) is 0 Å². The Labute approximate surface area is 121 Å². The second-order valence-electron chi connectivity index (χ2n) is 4.51. The number of carbonyl (C=O) groups excluding carboxylic acids is 2. The second-order valence-corrected chi connectivity index (χ2v) is 4.51. The molecule has 0 saturated carbocycles. The van der Waals surface area contributed by atoms with E-state index >= 15 is 0 Å². The standard InChI is InChI=1S/C15H15FN2O3/c1-10(11-4-6-12(16)7-5-11)18-15(20)14(19)17-9-13-3-2-8-21-13/h2-8,10H,9H2,1H3,(H,17,19)(H,18,20). The molecule has 0 bridgehead atoms. The van der Waals surface area contributed by atoms with E-state index in [0.717, 1.165) is 0 Å². The fourth-order valence-corrected chi connectivity index (χ4v) is 1.76. The van der Waals surface area contributed by atoms with E-state index in [1.807, 2.05) is 0 Å². The fourth-order valence-electron chi connectivity index (χ4n) is 1.76. The lowest BCUT2D eigenvalue weighted by Gasteiger charge is -2.13. The maximum Gasteiger partial charge on any atom is 0.309 e. The van der Waals surface area contributed by atoms with Gasteiger partial charge in [-0.3, -0.25) is 9.59 Å². The molecule has 2 aromatic rings. The summed E-state index contributed by atoms with van der Waals surface area (Å²) in [4.78, 5) is 23.4. The highest BCUT2D eigenvalue weighted by molar-refractivity contribution is 6.35. The van der Waals surface area contributed by atoms with Gasteiger partial charge in [0.25, 0.3) is 0 Å². The zero-order chi connectivity index (χ0) is 15.2. The van der Waals surface area contributed by atoms with Crippen LogP contribution in [0.2, 0.25) is 0 Å². The van der Waals surface area contributed by atoms with Gasteiger partial charge < -0.3 is 15.1 Å². The van der Waals surface area contributed by atoms with Gasteiger partial charge in [0.05, 0.1) is 18.8 Å². The Bertz CT molecular complexity index is 608. The van der Waals surface area contributed by atoms with Crippen LogP contribution in [0.15, 0.2) is 47.1 Å². The van der Waals surface area contributed by atoms with E-state index in [9.17, 15) is 14.0 Å². The highest BCUT2D eigenvalue weighted by Gasteiger charge is 2.17. The largest absolute Gasteiger partial charge is 0.467 e. The molecule has 1 heterocycles. The Morgan fingerprint density at radius 2 is 1.90 bits per heavy atom. The van der Waals surface area contributed by atoms with Gasteiger partial charge in [0, 0.05) is 0 Å². The third kappa shape index (κ3) is 4.17. The van der Waals surface area contributed by atoms with E-state index in [2.05, 4.69) is 10.6 Å².